The third-order valence-electron chi connectivity index (χ3n) is 3.13. The second kappa shape index (κ2) is 6.92. The van der Waals surface area contributed by atoms with E-state index in [9.17, 15) is 0 Å². The number of hydrogen-bond donors (Lipinski definition) is 2. The highest BCUT2D eigenvalue weighted by molar-refractivity contribution is 6.35. The second-order valence-electron chi connectivity index (χ2n) is 4.72. The van der Waals surface area contributed by atoms with Gasteiger partial charge in [-0.05, 0) is 43.7 Å². The number of rotatable bonds is 5. The van der Waals surface area contributed by atoms with Gasteiger partial charge in [-0.1, -0.05) is 29.3 Å². The molecule has 0 aliphatic rings. The van der Waals surface area contributed by atoms with E-state index in [1.165, 1.54) is 0 Å². The van der Waals surface area contributed by atoms with Crippen LogP contribution in [0.3, 0.4) is 0 Å². The largest absolute Gasteiger partial charge is 0.492 e. The highest BCUT2D eigenvalue weighted by atomic mass is 35.5. The number of anilines is 2. The first-order valence-corrected chi connectivity index (χ1v) is 7.50. The number of nitrogens with one attached hydrogen (secondary N) is 1. The Balaban J connectivity index is 2.19. The van der Waals surface area contributed by atoms with Crippen LogP contribution in [0.1, 0.15) is 25.5 Å². The Hall–Kier alpha value is -1.58. The Kier molecular flexibility index (Phi) is 5.21. The van der Waals surface area contributed by atoms with Crippen LogP contribution in [0.2, 0.25) is 10.0 Å². The third kappa shape index (κ3) is 3.96. The van der Waals surface area contributed by atoms with Crippen molar-refractivity contribution in [3.63, 3.8) is 0 Å². The standard InChI is InChI=1S/C16H18Cl2N2O/c1-3-21-16-9-12(5-7-15(16)19)20-10(2)13-6-4-11(17)8-14(13)18/h4-10,20H,3,19H2,1-2H3. The van der Waals surface area contributed by atoms with Crippen LogP contribution in [0.5, 0.6) is 5.75 Å². The van der Waals surface area contributed by atoms with Crippen LogP contribution in [0.4, 0.5) is 11.4 Å². The summed E-state index contributed by atoms with van der Waals surface area (Å²) >= 11 is 12.1. The monoisotopic (exact) mass is 324 g/mol. The molecular weight excluding hydrogens is 307 g/mol. The van der Waals surface area contributed by atoms with Crippen LogP contribution < -0.4 is 15.8 Å². The minimum atomic E-state index is 0.0351. The molecule has 3 nitrogen and oxygen atoms in total. The van der Waals surface area contributed by atoms with E-state index in [4.69, 9.17) is 33.7 Å². The second-order valence-corrected chi connectivity index (χ2v) is 5.56. The molecule has 1 atom stereocenters. The molecule has 3 N–H and O–H groups in total. The fourth-order valence-electron chi connectivity index (χ4n) is 2.09. The van der Waals surface area contributed by atoms with E-state index >= 15 is 0 Å². The maximum Gasteiger partial charge on any atom is 0.144 e. The van der Waals surface area contributed by atoms with Gasteiger partial charge in [0, 0.05) is 27.8 Å². The van der Waals surface area contributed by atoms with Gasteiger partial charge in [-0.2, -0.15) is 0 Å². The lowest BCUT2D eigenvalue weighted by Crippen LogP contribution is -2.08. The molecule has 0 saturated heterocycles. The van der Waals surface area contributed by atoms with Crippen molar-refractivity contribution in [3.8, 4) is 5.75 Å². The summed E-state index contributed by atoms with van der Waals surface area (Å²) in [5.74, 6) is 0.678. The van der Waals surface area contributed by atoms with Gasteiger partial charge in [0.15, 0.2) is 0 Å². The molecule has 21 heavy (non-hydrogen) atoms. The Labute approximate surface area is 135 Å². The number of hydrogen-bond acceptors (Lipinski definition) is 3. The molecule has 2 aromatic carbocycles. The molecule has 5 heteroatoms. The van der Waals surface area contributed by atoms with Crippen molar-refractivity contribution in [3.05, 3.63) is 52.0 Å². The summed E-state index contributed by atoms with van der Waals surface area (Å²) in [5.41, 5.74) is 8.40. The summed E-state index contributed by atoms with van der Waals surface area (Å²) in [6.45, 7) is 4.54. The maximum atomic E-state index is 6.23. The predicted octanol–water partition coefficient (Wildman–Crippen LogP) is 5.15. The molecule has 0 amide bonds. The number of nitrogen functional groups attached to an aromatic ring is 1. The summed E-state index contributed by atoms with van der Waals surface area (Å²) in [6.07, 6.45) is 0. The molecule has 2 aromatic rings. The maximum absolute atomic E-state index is 6.23. The lowest BCUT2D eigenvalue weighted by molar-refractivity contribution is 0.342. The molecular formula is C16H18Cl2N2O. The average Bonchev–Trinajstić information content (AvgIpc) is 2.42. The van der Waals surface area contributed by atoms with Crippen LogP contribution in [0.25, 0.3) is 0 Å². The van der Waals surface area contributed by atoms with E-state index in [0.29, 0.717) is 28.1 Å². The Bertz CT molecular complexity index is 632. The normalized spacial score (nSPS) is 12.0. The van der Waals surface area contributed by atoms with Gasteiger partial charge in [0.1, 0.15) is 5.75 Å². The molecule has 2 rings (SSSR count). The lowest BCUT2D eigenvalue weighted by Gasteiger charge is -2.18. The van der Waals surface area contributed by atoms with Crippen LogP contribution in [0, 0.1) is 0 Å². The first-order chi connectivity index (χ1) is 10.0. The fraction of sp³-hybridized carbons (Fsp3) is 0.250. The summed E-state index contributed by atoms with van der Waals surface area (Å²) in [5, 5.41) is 4.65. The molecule has 0 aliphatic heterocycles. The fourth-order valence-corrected chi connectivity index (χ4v) is 2.66. The van der Waals surface area contributed by atoms with Crippen molar-refractivity contribution < 1.29 is 4.74 Å². The molecule has 0 spiro atoms. The number of nitrogens with two attached hydrogens (primary N) is 1. The molecule has 0 aliphatic carbocycles. The third-order valence-corrected chi connectivity index (χ3v) is 3.69. The van der Waals surface area contributed by atoms with Gasteiger partial charge in [0.25, 0.3) is 0 Å². The SMILES string of the molecule is CCOc1cc(NC(C)c2ccc(Cl)cc2Cl)ccc1N. The Morgan fingerprint density at radius 1 is 1.19 bits per heavy atom. The van der Waals surface area contributed by atoms with Crippen LogP contribution in [-0.2, 0) is 0 Å². The minimum absolute atomic E-state index is 0.0351. The summed E-state index contributed by atoms with van der Waals surface area (Å²) in [6, 6.07) is 11.2. The molecule has 0 fully saturated rings. The van der Waals surface area contributed by atoms with Gasteiger partial charge < -0.3 is 15.8 Å². The van der Waals surface area contributed by atoms with E-state index in [0.717, 1.165) is 11.3 Å². The highest BCUT2D eigenvalue weighted by Gasteiger charge is 2.11. The number of benzene rings is 2. The zero-order valence-electron chi connectivity index (χ0n) is 12.0. The molecule has 0 bridgehead atoms. The van der Waals surface area contributed by atoms with Crippen molar-refractivity contribution in [2.45, 2.75) is 19.9 Å². The molecule has 0 heterocycles. The van der Waals surface area contributed by atoms with Crippen molar-refractivity contribution >= 4 is 34.6 Å². The number of halogens is 2. The van der Waals surface area contributed by atoms with Crippen LogP contribution in [0.15, 0.2) is 36.4 Å². The topological polar surface area (TPSA) is 47.3 Å². The van der Waals surface area contributed by atoms with Gasteiger partial charge in [0.2, 0.25) is 0 Å². The van der Waals surface area contributed by atoms with E-state index in [-0.39, 0.29) is 6.04 Å². The van der Waals surface area contributed by atoms with Crippen LogP contribution in [-0.4, -0.2) is 6.61 Å². The summed E-state index contributed by atoms with van der Waals surface area (Å²) in [4.78, 5) is 0. The quantitative estimate of drug-likeness (QED) is 0.748. The smallest absolute Gasteiger partial charge is 0.144 e. The first-order valence-electron chi connectivity index (χ1n) is 6.75. The van der Waals surface area contributed by atoms with Crippen molar-refractivity contribution in [1.29, 1.82) is 0 Å². The van der Waals surface area contributed by atoms with Crippen molar-refractivity contribution in [1.82, 2.24) is 0 Å². The van der Waals surface area contributed by atoms with E-state index < -0.39 is 0 Å². The number of ether oxygens (including phenoxy) is 1. The molecule has 1 unspecified atom stereocenters. The first kappa shape index (κ1) is 15.8. The van der Waals surface area contributed by atoms with Crippen molar-refractivity contribution in [2.75, 3.05) is 17.7 Å². The van der Waals surface area contributed by atoms with Gasteiger partial charge in [0.05, 0.1) is 12.3 Å². The van der Waals surface area contributed by atoms with Crippen LogP contribution >= 0.6 is 23.2 Å². The molecule has 112 valence electrons. The molecule has 0 aromatic heterocycles. The van der Waals surface area contributed by atoms with Crippen molar-refractivity contribution in [2.24, 2.45) is 0 Å². The average molecular weight is 325 g/mol. The highest BCUT2D eigenvalue weighted by Crippen LogP contribution is 2.31. The zero-order valence-corrected chi connectivity index (χ0v) is 13.5. The van der Waals surface area contributed by atoms with E-state index in [2.05, 4.69) is 5.32 Å². The van der Waals surface area contributed by atoms with Gasteiger partial charge in [-0.3, -0.25) is 0 Å². The molecule has 0 radical (unpaired) electrons. The molecule has 0 saturated carbocycles. The zero-order chi connectivity index (χ0) is 15.4. The summed E-state index contributed by atoms with van der Waals surface area (Å²) < 4.78 is 5.50. The van der Waals surface area contributed by atoms with Gasteiger partial charge in [-0.25, -0.2) is 0 Å². The Morgan fingerprint density at radius 3 is 2.62 bits per heavy atom. The Morgan fingerprint density at radius 2 is 1.95 bits per heavy atom. The predicted molar refractivity (Wildman–Crippen MR) is 90.5 cm³/mol. The van der Waals surface area contributed by atoms with E-state index in [1.54, 1.807) is 6.07 Å². The van der Waals surface area contributed by atoms with Gasteiger partial charge >= 0.3 is 0 Å². The summed E-state index contributed by atoms with van der Waals surface area (Å²) in [7, 11) is 0. The lowest BCUT2D eigenvalue weighted by atomic mass is 10.1. The van der Waals surface area contributed by atoms with E-state index in [1.807, 2.05) is 44.2 Å². The van der Waals surface area contributed by atoms with Gasteiger partial charge in [-0.15, -0.1) is 0 Å². The minimum Gasteiger partial charge on any atom is -0.492 e.